The van der Waals surface area contributed by atoms with Gasteiger partial charge in [-0.15, -0.1) is 0 Å². The third-order valence-electron chi connectivity index (χ3n) is 1.97. The number of phosphoric acid groups is 1. The van der Waals surface area contributed by atoms with Gasteiger partial charge >= 0.3 is 7.82 Å². The normalized spacial score (nSPS) is 38.6. The molecule has 6 nitrogen and oxygen atoms in total. The van der Waals surface area contributed by atoms with E-state index in [1.807, 2.05) is 0 Å². The Balaban J connectivity index is 2.67. The van der Waals surface area contributed by atoms with E-state index in [2.05, 4.69) is 4.52 Å². The minimum Gasteiger partial charge on any atom is -0.616 e. The van der Waals surface area contributed by atoms with E-state index in [1.165, 1.54) is 19.6 Å². The predicted molar refractivity (Wildman–Crippen MR) is 62.2 cm³/mol. The molecule has 1 rings (SSSR count). The molecular weight excluding hydrogens is 275 g/mol. The minimum atomic E-state index is -3.54. The molecule has 0 spiro atoms. The van der Waals surface area contributed by atoms with Crippen molar-refractivity contribution in [1.29, 1.82) is 0 Å². The molecule has 1 aliphatic rings. The van der Waals surface area contributed by atoms with Crippen molar-refractivity contribution in [2.24, 2.45) is 0 Å². The Hall–Kier alpha value is 0.730. The Morgan fingerprint density at radius 3 is 1.81 bits per heavy atom. The average molecular weight is 290 g/mol. The van der Waals surface area contributed by atoms with Gasteiger partial charge in [0.2, 0.25) is 0 Å². The molecule has 1 aliphatic heterocycles. The summed E-state index contributed by atoms with van der Waals surface area (Å²) in [5, 5.41) is 0. The first-order chi connectivity index (χ1) is 7.36. The Bertz CT molecular complexity index is 252. The fourth-order valence-corrected chi connectivity index (χ4v) is 4.31. The van der Waals surface area contributed by atoms with Crippen LogP contribution in [0.5, 0.6) is 0 Å². The van der Waals surface area contributed by atoms with Crippen LogP contribution in [0.2, 0.25) is 0 Å². The summed E-state index contributed by atoms with van der Waals surface area (Å²) in [4.78, 5) is 0. The van der Waals surface area contributed by atoms with Gasteiger partial charge in [0.05, 0.1) is 12.5 Å². The zero-order chi connectivity index (χ0) is 12.3. The van der Waals surface area contributed by atoms with Gasteiger partial charge in [-0.1, -0.05) is 22.4 Å². The molecule has 4 unspecified atom stereocenters. The number of hydrogen-bond donors (Lipinski definition) is 0. The molecule has 0 aromatic rings. The molecule has 1 heterocycles. The number of hydrogen-bond acceptors (Lipinski definition) is 6. The highest BCUT2D eigenvalue weighted by Gasteiger charge is 2.48. The first-order valence-corrected chi connectivity index (χ1v) is 9.40. The fourth-order valence-electron chi connectivity index (χ4n) is 1.32. The van der Waals surface area contributed by atoms with E-state index in [4.69, 9.17) is 9.05 Å². The topological polar surface area (TPSA) is 90.9 Å². The van der Waals surface area contributed by atoms with Crippen molar-refractivity contribution in [2.45, 2.75) is 12.2 Å². The van der Waals surface area contributed by atoms with E-state index in [1.54, 1.807) is 0 Å². The van der Waals surface area contributed by atoms with E-state index >= 15 is 0 Å². The summed E-state index contributed by atoms with van der Waals surface area (Å²) in [6, 6.07) is 0. The summed E-state index contributed by atoms with van der Waals surface area (Å²) in [6.07, 6.45) is 1.83. The minimum absolute atomic E-state index is 0.190. The van der Waals surface area contributed by atoms with Gasteiger partial charge < -0.3 is 9.11 Å². The molecule has 0 amide bonds. The molecule has 4 atom stereocenters. The van der Waals surface area contributed by atoms with Crippen molar-refractivity contribution >= 4 is 30.2 Å². The zero-order valence-corrected chi connectivity index (χ0v) is 11.8. The maximum absolute atomic E-state index is 11.7. The highest BCUT2D eigenvalue weighted by atomic mass is 32.2. The lowest BCUT2D eigenvalue weighted by Crippen LogP contribution is -2.35. The maximum atomic E-state index is 11.7. The van der Waals surface area contributed by atoms with Crippen molar-refractivity contribution < 1.29 is 27.2 Å². The van der Waals surface area contributed by atoms with Gasteiger partial charge in [-0.25, -0.2) is 4.57 Å². The van der Waals surface area contributed by atoms with E-state index in [-0.39, 0.29) is 11.5 Å². The Morgan fingerprint density at radius 1 is 1.19 bits per heavy atom. The molecule has 0 bridgehead atoms. The predicted octanol–water partition coefficient (Wildman–Crippen LogP) is 0.282. The SMILES string of the molecule is COP1(=O)OC(C[S+](C)[O-])C(C[S+](C)[O-])O1. The summed E-state index contributed by atoms with van der Waals surface area (Å²) in [5.74, 6) is 0.379. The van der Waals surface area contributed by atoms with Crippen molar-refractivity contribution in [3.05, 3.63) is 0 Å². The molecule has 0 aromatic carbocycles. The van der Waals surface area contributed by atoms with Crippen LogP contribution in [0.15, 0.2) is 0 Å². The molecule has 96 valence electrons. The second-order valence-corrected chi connectivity index (χ2v) is 8.04. The quantitative estimate of drug-likeness (QED) is 0.533. The van der Waals surface area contributed by atoms with E-state index in [0.717, 1.165) is 0 Å². The molecule has 0 radical (unpaired) electrons. The molecule has 1 saturated heterocycles. The second kappa shape index (κ2) is 6.06. The third kappa shape index (κ3) is 4.19. The maximum Gasteiger partial charge on any atom is 0.475 e. The third-order valence-corrected chi connectivity index (χ3v) is 5.07. The monoisotopic (exact) mass is 290 g/mol. The first-order valence-electron chi connectivity index (χ1n) is 4.49. The Morgan fingerprint density at radius 2 is 1.56 bits per heavy atom. The Labute approximate surface area is 101 Å². The fraction of sp³-hybridized carbons (Fsp3) is 1.00. The summed E-state index contributed by atoms with van der Waals surface area (Å²) in [6.45, 7) is 0. The molecular formula is C7H15O6PS2. The molecule has 1 fully saturated rings. The van der Waals surface area contributed by atoms with Crippen LogP contribution in [-0.2, 0) is 40.5 Å². The lowest BCUT2D eigenvalue weighted by atomic mass is 10.3. The summed E-state index contributed by atoms with van der Waals surface area (Å²) < 4.78 is 48.7. The molecule has 16 heavy (non-hydrogen) atoms. The smallest absolute Gasteiger partial charge is 0.475 e. The average Bonchev–Trinajstić information content (AvgIpc) is 2.42. The van der Waals surface area contributed by atoms with Crippen LogP contribution >= 0.6 is 7.82 Å². The van der Waals surface area contributed by atoms with E-state index < -0.39 is 42.4 Å². The van der Waals surface area contributed by atoms with Crippen molar-refractivity contribution in [3.8, 4) is 0 Å². The van der Waals surface area contributed by atoms with Crippen LogP contribution in [0.25, 0.3) is 0 Å². The molecule has 0 aliphatic carbocycles. The molecule has 0 aromatic heterocycles. The van der Waals surface area contributed by atoms with Crippen molar-refractivity contribution in [2.75, 3.05) is 31.1 Å². The highest BCUT2D eigenvalue weighted by Crippen LogP contribution is 2.57. The highest BCUT2D eigenvalue weighted by molar-refractivity contribution is 7.91. The number of rotatable bonds is 5. The van der Waals surface area contributed by atoms with Gasteiger partial charge in [-0.3, -0.25) is 13.6 Å². The summed E-state index contributed by atoms with van der Waals surface area (Å²) in [5.41, 5.74) is 0. The van der Waals surface area contributed by atoms with Crippen LogP contribution in [0.3, 0.4) is 0 Å². The largest absolute Gasteiger partial charge is 0.616 e. The van der Waals surface area contributed by atoms with Gasteiger partial charge in [0.1, 0.15) is 23.7 Å². The zero-order valence-electron chi connectivity index (χ0n) is 9.28. The lowest BCUT2D eigenvalue weighted by molar-refractivity contribution is 0.191. The molecule has 9 heteroatoms. The Kier molecular flexibility index (Phi) is 5.60. The van der Waals surface area contributed by atoms with Crippen molar-refractivity contribution in [1.82, 2.24) is 0 Å². The lowest BCUT2D eigenvalue weighted by Gasteiger charge is -2.16. The summed E-state index contributed by atoms with van der Waals surface area (Å²) >= 11 is -2.21. The van der Waals surface area contributed by atoms with Crippen LogP contribution in [0.1, 0.15) is 0 Å². The van der Waals surface area contributed by atoms with Gasteiger partial charge in [0.25, 0.3) is 0 Å². The summed E-state index contributed by atoms with van der Waals surface area (Å²) in [7, 11) is -2.33. The van der Waals surface area contributed by atoms with Crippen LogP contribution in [0, 0.1) is 0 Å². The van der Waals surface area contributed by atoms with E-state index in [9.17, 15) is 13.7 Å². The first kappa shape index (κ1) is 14.8. The number of phosphoric ester groups is 1. The van der Waals surface area contributed by atoms with Gasteiger partial charge in [0.15, 0.2) is 0 Å². The van der Waals surface area contributed by atoms with Crippen LogP contribution < -0.4 is 0 Å². The van der Waals surface area contributed by atoms with E-state index in [0.29, 0.717) is 0 Å². The van der Waals surface area contributed by atoms with Crippen LogP contribution in [-0.4, -0.2) is 52.4 Å². The van der Waals surface area contributed by atoms with Gasteiger partial charge in [-0.2, -0.15) is 0 Å². The second-order valence-electron chi connectivity index (χ2n) is 3.40. The van der Waals surface area contributed by atoms with Gasteiger partial charge in [-0.05, 0) is 0 Å². The van der Waals surface area contributed by atoms with Crippen molar-refractivity contribution in [3.63, 3.8) is 0 Å². The standard InChI is InChI=1S/C7H15O6PS2/c1-11-14(8)12-6(4-15(2)9)7(13-14)5-16(3)10/h6-7H,4-5H2,1-3H3. The van der Waals surface area contributed by atoms with Crippen LogP contribution in [0.4, 0.5) is 0 Å². The molecule has 0 saturated carbocycles. The van der Waals surface area contributed by atoms with Gasteiger partial charge in [0, 0.05) is 7.11 Å². The molecule has 0 N–H and O–H groups in total.